The molecule has 0 saturated carbocycles. The molecule has 3 aromatic rings. The molecule has 0 saturated heterocycles. The summed E-state index contributed by atoms with van der Waals surface area (Å²) in [5, 5.41) is 1.30. The van der Waals surface area contributed by atoms with Crippen LogP contribution < -0.4 is 9.47 Å². The lowest BCUT2D eigenvalue weighted by Gasteiger charge is -2.06. The summed E-state index contributed by atoms with van der Waals surface area (Å²) in [5.41, 5.74) is 1.74. The summed E-state index contributed by atoms with van der Waals surface area (Å²) in [4.78, 5) is 8.87. The molecule has 1 aromatic heterocycles. The summed E-state index contributed by atoms with van der Waals surface area (Å²) in [5.74, 6) is 2.00. The molecule has 1 heterocycles. The van der Waals surface area contributed by atoms with Gasteiger partial charge in [0, 0.05) is 15.0 Å². The molecule has 0 spiro atoms. The normalized spacial score (nSPS) is 11.2. The third-order valence-corrected chi connectivity index (χ3v) is 4.39. The first-order chi connectivity index (χ1) is 11.6. The van der Waals surface area contributed by atoms with Crippen LogP contribution in [0.3, 0.4) is 0 Å². The van der Waals surface area contributed by atoms with E-state index in [1.165, 1.54) is 0 Å². The van der Waals surface area contributed by atoms with E-state index >= 15 is 0 Å². The van der Waals surface area contributed by atoms with E-state index in [0.29, 0.717) is 11.0 Å². The minimum atomic E-state index is 0.446. The van der Waals surface area contributed by atoms with E-state index in [0.717, 1.165) is 31.5 Å². The van der Waals surface area contributed by atoms with Crippen LogP contribution in [0.2, 0.25) is 5.15 Å². The van der Waals surface area contributed by atoms with Gasteiger partial charge >= 0.3 is 0 Å². The van der Waals surface area contributed by atoms with Crippen molar-refractivity contribution in [2.75, 3.05) is 14.2 Å². The summed E-state index contributed by atoms with van der Waals surface area (Å²) in [6, 6.07) is 11.5. The predicted molar refractivity (Wildman–Crippen MR) is 106 cm³/mol. The van der Waals surface area contributed by atoms with Crippen LogP contribution in [0, 0.1) is 3.57 Å². The topological polar surface area (TPSA) is 44.2 Å². The Morgan fingerprint density at radius 1 is 0.958 bits per heavy atom. The van der Waals surface area contributed by atoms with Crippen molar-refractivity contribution in [3.05, 3.63) is 56.5 Å². The molecule has 0 amide bonds. The van der Waals surface area contributed by atoms with Gasteiger partial charge < -0.3 is 9.47 Å². The third kappa shape index (κ3) is 3.79. The highest BCUT2D eigenvalue weighted by atomic mass is 127. The molecule has 0 aliphatic rings. The van der Waals surface area contributed by atoms with Crippen LogP contribution in [0.1, 0.15) is 11.4 Å². The van der Waals surface area contributed by atoms with Gasteiger partial charge in [-0.2, -0.15) is 0 Å². The smallest absolute Gasteiger partial charge is 0.154 e. The average Bonchev–Trinajstić information content (AvgIpc) is 2.60. The zero-order chi connectivity index (χ0) is 17.1. The van der Waals surface area contributed by atoms with Gasteiger partial charge in [0.15, 0.2) is 5.82 Å². The Bertz CT molecular complexity index is 906. The lowest BCUT2D eigenvalue weighted by molar-refractivity contribution is 0.394. The van der Waals surface area contributed by atoms with Crippen molar-refractivity contribution >= 4 is 57.2 Å². The van der Waals surface area contributed by atoms with Crippen molar-refractivity contribution in [1.82, 2.24) is 9.97 Å². The van der Waals surface area contributed by atoms with Crippen molar-refractivity contribution in [1.29, 1.82) is 0 Å². The first kappa shape index (κ1) is 17.0. The van der Waals surface area contributed by atoms with Gasteiger partial charge in [0.2, 0.25) is 0 Å². The second-order valence-electron chi connectivity index (χ2n) is 5.01. The van der Waals surface area contributed by atoms with Gasteiger partial charge in [0.05, 0.1) is 19.7 Å². The second-order valence-corrected chi connectivity index (χ2v) is 6.62. The highest BCUT2D eigenvalue weighted by Gasteiger charge is 2.05. The van der Waals surface area contributed by atoms with Gasteiger partial charge in [-0.05, 0) is 64.6 Å². The molecule has 24 heavy (non-hydrogen) atoms. The van der Waals surface area contributed by atoms with Gasteiger partial charge in [-0.15, -0.1) is 0 Å². The molecule has 0 bridgehead atoms. The number of halogens is 2. The highest BCUT2D eigenvalue weighted by Crippen LogP contribution is 2.25. The molecule has 0 fully saturated rings. The van der Waals surface area contributed by atoms with Gasteiger partial charge in [0.1, 0.15) is 16.7 Å². The summed E-state index contributed by atoms with van der Waals surface area (Å²) < 4.78 is 11.6. The first-order valence-corrected chi connectivity index (χ1v) is 8.58. The molecule has 0 aliphatic heterocycles. The van der Waals surface area contributed by atoms with Crippen molar-refractivity contribution in [2.24, 2.45) is 0 Å². The number of benzene rings is 2. The average molecular weight is 453 g/mol. The first-order valence-electron chi connectivity index (χ1n) is 7.13. The van der Waals surface area contributed by atoms with Crippen molar-refractivity contribution < 1.29 is 9.47 Å². The van der Waals surface area contributed by atoms with E-state index in [4.69, 9.17) is 21.1 Å². The molecular weight excluding hydrogens is 439 g/mol. The molecule has 0 radical (unpaired) electrons. The number of ether oxygens (including phenoxy) is 2. The van der Waals surface area contributed by atoms with Crippen LogP contribution in [0.15, 0.2) is 36.4 Å². The number of fused-ring (bicyclic) bond motifs is 1. The Morgan fingerprint density at radius 2 is 1.67 bits per heavy atom. The van der Waals surface area contributed by atoms with Crippen LogP contribution in [0.25, 0.3) is 23.1 Å². The maximum Gasteiger partial charge on any atom is 0.154 e. The Hall–Kier alpha value is -1.86. The second kappa shape index (κ2) is 7.36. The van der Waals surface area contributed by atoms with Crippen LogP contribution in [0.5, 0.6) is 11.5 Å². The maximum absolute atomic E-state index is 6.28. The van der Waals surface area contributed by atoms with Crippen molar-refractivity contribution in [2.45, 2.75) is 0 Å². The van der Waals surface area contributed by atoms with E-state index in [-0.39, 0.29) is 0 Å². The summed E-state index contributed by atoms with van der Waals surface area (Å²) in [6.07, 6.45) is 3.72. The van der Waals surface area contributed by atoms with E-state index in [2.05, 4.69) is 32.6 Å². The molecule has 4 nitrogen and oxygen atoms in total. The quantitative estimate of drug-likeness (QED) is 0.409. The summed E-state index contributed by atoms with van der Waals surface area (Å²) >= 11 is 8.52. The molecule has 2 aromatic carbocycles. The SMILES string of the molecule is COc1cc(/C=C/c2nc(Cl)c3cc(I)ccc3n2)cc(OC)c1. The van der Waals surface area contributed by atoms with E-state index in [9.17, 15) is 0 Å². The third-order valence-electron chi connectivity index (χ3n) is 3.43. The maximum atomic E-state index is 6.28. The fraction of sp³-hybridized carbons (Fsp3) is 0.111. The molecule has 0 atom stereocenters. The minimum absolute atomic E-state index is 0.446. The lowest BCUT2D eigenvalue weighted by Crippen LogP contribution is -1.91. The van der Waals surface area contributed by atoms with E-state index in [1.807, 2.05) is 48.6 Å². The molecule has 0 aliphatic carbocycles. The molecule has 3 rings (SSSR count). The van der Waals surface area contributed by atoms with Crippen LogP contribution in [-0.4, -0.2) is 24.2 Å². The summed E-state index contributed by atoms with van der Waals surface area (Å²) in [6.45, 7) is 0. The zero-order valence-corrected chi connectivity index (χ0v) is 16.0. The zero-order valence-electron chi connectivity index (χ0n) is 13.1. The van der Waals surface area contributed by atoms with E-state index < -0.39 is 0 Å². The number of nitrogens with zero attached hydrogens (tertiary/aromatic N) is 2. The number of hydrogen-bond donors (Lipinski definition) is 0. The fourth-order valence-electron chi connectivity index (χ4n) is 2.25. The van der Waals surface area contributed by atoms with Gasteiger partial charge in [-0.25, -0.2) is 9.97 Å². The minimum Gasteiger partial charge on any atom is -0.497 e. The number of hydrogen-bond acceptors (Lipinski definition) is 4. The molecule has 0 unspecified atom stereocenters. The Balaban J connectivity index is 1.97. The molecular formula is C18H14ClIN2O2. The number of methoxy groups -OCH3 is 2. The lowest BCUT2D eigenvalue weighted by atomic mass is 10.2. The van der Waals surface area contributed by atoms with Gasteiger partial charge in [0.25, 0.3) is 0 Å². The Kier molecular flexibility index (Phi) is 5.20. The van der Waals surface area contributed by atoms with Gasteiger partial charge in [-0.3, -0.25) is 0 Å². The predicted octanol–water partition coefficient (Wildman–Crippen LogP) is 5.08. The Labute approximate surface area is 158 Å². The molecule has 0 N–H and O–H groups in total. The molecule has 6 heteroatoms. The van der Waals surface area contributed by atoms with Crippen LogP contribution in [0.4, 0.5) is 0 Å². The summed E-state index contributed by atoms with van der Waals surface area (Å²) in [7, 11) is 3.24. The fourth-order valence-corrected chi connectivity index (χ4v) is 2.98. The largest absolute Gasteiger partial charge is 0.497 e. The standard InChI is InChI=1S/C18H14ClIN2O2/c1-23-13-7-11(8-14(10-13)24-2)3-6-17-21-16-5-4-12(20)9-15(16)18(19)22-17/h3-10H,1-2H3/b6-3+. The van der Waals surface area contributed by atoms with Crippen LogP contribution in [-0.2, 0) is 0 Å². The monoisotopic (exact) mass is 452 g/mol. The number of rotatable bonds is 4. The van der Waals surface area contributed by atoms with Crippen molar-refractivity contribution in [3.63, 3.8) is 0 Å². The Morgan fingerprint density at radius 3 is 2.33 bits per heavy atom. The van der Waals surface area contributed by atoms with Crippen LogP contribution >= 0.6 is 34.2 Å². The van der Waals surface area contributed by atoms with E-state index in [1.54, 1.807) is 14.2 Å². The van der Waals surface area contributed by atoms with Gasteiger partial charge in [-0.1, -0.05) is 17.7 Å². The number of aromatic nitrogens is 2. The molecule has 122 valence electrons. The van der Waals surface area contributed by atoms with Crippen molar-refractivity contribution in [3.8, 4) is 11.5 Å². The highest BCUT2D eigenvalue weighted by molar-refractivity contribution is 14.1.